The van der Waals surface area contributed by atoms with E-state index in [4.69, 9.17) is 9.47 Å². The van der Waals surface area contributed by atoms with Crippen LogP contribution in [0.25, 0.3) is 0 Å². The lowest BCUT2D eigenvalue weighted by Gasteiger charge is -2.23. The fourth-order valence-corrected chi connectivity index (χ4v) is 8.00. The molecule has 0 aromatic carbocycles. The Labute approximate surface area is 318 Å². The molecule has 0 fully saturated rings. The Morgan fingerprint density at radius 2 is 0.771 bits per heavy atom. The highest BCUT2D eigenvalue weighted by Gasteiger charge is 2.14. The van der Waals surface area contributed by atoms with Gasteiger partial charge in [0.05, 0.1) is 12.7 Å². The molecule has 7 unspecified atom stereocenters. The smallest absolute Gasteiger partial charge is 0.0934 e. The van der Waals surface area contributed by atoms with E-state index in [1.807, 2.05) is 0 Å². The zero-order valence-corrected chi connectivity index (χ0v) is 37.0. The topological polar surface area (TPSA) is 21.7 Å². The van der Waals surface area contributed by atoms with Gasteiger partial charge in [-0.2, -0.15) is 0 Å². The minimum Gasteiger partial charge on any atom is -0.379 e. The largest absolute Gasteiger partial charge is 0.379 e. The third-order valence-corrected chi connectivity index (χ3v) is 12.0. The first-order valence-electron chi connectivity index (χ1n) is 21.3. The van der Waals surface area contributed by atoms with Gasteiger partial charge in [-0.3, -0.25) is 0 Å². The molecule has 0 aliphatic rings. The van der Waals surface area contributed by atoms with Gasteiger partial charge in [-0.25, -0.2) is 0 Å². The van der Waals surface area contributed by atoms with E-state index in [0.717, 1.165) is 78.1 Å². The van der Waals surface area contributed by atoms with E-state index in [2.05, 4.69) is 104 Å². The number of nitrogens with zero attached hydrogens (tertiary/aromatic N) is 1. The van der Waals surface area contributed by atoms with Crippen LogP contribution in [-0.2, 0) is 9.47 Å². The summed E-state index contributed by atoms with van der Waals surface area (Å²) in [7, 11) is 4.29. The normalized spacial score (nSPS) is 16.8. The number of halogens is 1. The van der Waals surface area contributed by atoms with Crippen LogP contribution in [0, 0.1) is 41.4 Å². The molecule has 7 atom stereocenters. The third kappa shape index (κ3) is 33.7. The Morgan fingerprint density at radius 1 is 0.438 bits per heavy atom. The maximum absolute atomic E-state index is 6.37. The van der Waals surface area contributed by atoms with Gasteiger partial charge in [0.1, 0.15) is 0 Å². The molecule has 0 aliphatic carbocycles. The molecule has 0 saturated heterocycles. The molecule has 0 radical (unpaired) electrons. The molecule has 48 heavy (non-hydrogen) atoms. The summed E-state index contributed by atoms with van der Waals surface area (Å²) in [5.41, 5.74) is 0. The molecule has 290 valence electrons. The fraction of sp³-hybridized carbons (Fsp3) is 1.00. The van der Waals surface area contributed by atoms with Crippen molar-refractivity contribution in [3.05, 3.63) is 0 Å². The van der Waals surface area contributed by atoms with Crippen molar-refractivity contribution in [1.29, 1.82) is 0 Å². The molecular weight excluding hydrogens is 701 g/mol. The van der Waals surface area contributed by atoms with E-state index in [1.54, 1.807) is 0 Å². The third-order valence-electron chi connectivity index (χ3n) is 10.8. The van der Waals surface area contributed by atoms with E-state index < -0.39 is 0 Å². The summed E-state index contributed by atoms with van der Waals surface area (Å²) in [6.07, 6.45) is 27.6. The highest BCUT2D eigenvalue weighted by atomic mass is 127. The average Bonchev–Trinajstić information content (AvgIpc) is 2.98. The van der Waals surface area contributed by atoms with Crippen LogP contribution in [-0.4, -0.2) is 55.4 Å². The van der Waals surface area contributed by atoms with Gasteiger partial charge in [0.15, 0.2) is 0 Å². The standard InChI is InChI=1S/C44H90INO2/c1-36(2)18-12-20-38(5)21-14-22-39(6)23-15-25-41(8)30-32-47-35-44(34-46(10)11)48-33-31-42(9)26-16-24-40(7)27-17-29-43(45)28-13-19-37(3)4/h36-44H,12-35H2,1-11H3. The van der Waals surface area contributed by atoms with Gasteiger partial charge < -0.3 is 14.4 Å². The summed E-state index contributed by atoms with van der Waals surface area (Å²) in [5.74, 6) is 5.85. The van der Waals surface area contributed by atoms with Crippen LogP contribution in [0.4, 0.5) is 0 Å². The van der Waals surface area contributed by atoms with E-state index in [9.17, 15) is 0 Å². The Balaban J connectivity index is 3.97. The lowest BCUT2D eigenvalue weighted by Crippen LogP contribution is -2.33. The second-order valence-corrected chi connectivity index (χ2v) is 19.7. The van der Waals surface area contributed by atoms with E-state index in [1.165, 1.54) is 122 Å². The monoisotopic (exact) mass is 792 g/mol. The molecule has 0 rings (SSSR count). The van der Waals surface area contributed by atoms with Crippen molar-refractivity contribution >= 4 is 22.6 Å². The Morgan fingerprint density at radius 3 is 1.17 bits per heavy atom. The van der Waals surface area contributed by atoms with Gasteiger partial charge in [-0.1, -0.05) is 188 Å². The van der Waals surface area contributed by atoms with Crippen LogP contribution in [0.2, 0.25) is 0 Å². The van der Waals surface area contributed by atoms with Gasteiger partial charge >= 0.3 is 0 Å². The van der Waals surface area contributed by atoms with E-state index in [-0.39, 0.29) is 6.10 Å². The highest BCUT2D eigenvalue weighted by molar-refractivity contribution is 14.1. The number of likely N-dealkylation sites (N-methyl/N-ethyl adjacent to an activating group) is 1. The minimum absolute atomic E-state index is 0.174. The Kier molecular flexibility index (Phi) is 32.7. The molecule has 0 amide bonds. The summed E-state index contributed by atoms with van der Waals surface area (Å²) >= 11 is 2.70. The summed E-state index contributed by atoms with van der Waals surface area (Å²) in [6.45, 7) is 25.0. The molecule has 0 saturated carbocycles. The molecule has 4 heteroatoms. The van der Waals surface area contributed by atoms with Crippen molar-refractivity contribution in [2.24, 2.45) is 41.4 Å². The molecule has 0 spiro atoms. The SMILES string of the molecule is CC(C)CCCC(C)CCCC(C)CCCC(C)CCOCC(CN(C)C)OCCC(C)CCCC(C)CCCC(I)CCCC(C)C. The zero-order chi connectivity index (χ0) is 36.2. The molecule has 3 nitrogen and oxygen atoms in total. The molecule has 0 heterocycles. The quantitative estimate of drug-likeness (QED) is 0.0363. The predicted octanol–water partition coefficient (Wildman–Crippen LogP) is 14.0. The maximum atomic E-state index is 6.37. The number of ether oxygens (including phenoxy) is 2. The van der Waals surface area contributed by atoms with Crippen LogP contribution >= 0.6 is 22.6 Å². The molecular formula is C44H90INO2. The van der Waals surface area contributed by atoms with Crippen LogP contribution < -0.4 is 0 Å². The highest BCUT2D eigenvalue weighted by Crippen LogP contribution is 2.25. The molecule has 0 N–H and O–H groups in total. The van der Waals surface area contributed by atoms with Gasteiger partial charge in [-0.15, -0.1) is 0 Å². The van der Waals surface area contributed by atoms with Crippen molar-refractivity contribution in [3.8, 4) is 0 Å². The van der Waals surface area contributed by atoms with Crippen LogP contribution in [0.5, 0.6) is 0 Å². The lowest BCUT2D eigenvalue weighted by atomic mass is 9.91. The van der Waals surface area contributed by atoms with E-state index in [0.29, 0.717) is 0 Å². The van der Waals surface area contributed by atoms with Crippen LogP contribution in [0.3, 0.4) is 0 Å². The fourth-order valence-electron chi connectivity index (χ4n) is 7.12. The van der Waals surface area contributed by atoms with Crippen molar-refractivity contribution in [2.45, 2.75) is 201 Å². The molecule has 0 aromatic rings. The Hall–Kier alpha value is 0.610. The number of hydrogen-bond donors (Lipinski definition) is 0. The van der Waals surface area contributed by atoms with Gasteiger partial charge in [-0.05, 0) is 81.2 Å². The molecule has 0 aliphatic heterocycles. The molecule has 0 aromatic heterocycles. The van der Waals surface area contributed by atoms with Gasteiger partial charge in [0.2, 0.25) is 0 Å². The maximum Gasteiger partial charge on any atom is 0.0934 e. The lowest BCUT2D eigenvalue weighted by molar-refractivity contribution is -0.0325. The summed E-state index contributed by atoms with van der Waals surface area (Å²) in [6, 6.07) is 0. The van der Waals surface area contributed by atoms with Crippen molar-refractivity contribution in [2.75, 3.05) is 40.5 Å². The first-order valence-corrected chi connectivity index (χ1v) is 22.5. The molecule has 0 bridgehead atoms. The van der Waals surface area contributed by atoms with Crippen molar-refractivity contribution in [1.82, 2.24) is 4.90 Å². The van der Waals surface area contributed by atoms with Gasteiger partial charge in [0, 0.05) is 23.7 Å². The predicted molar refractivity (Wildman–Crippen MR) is 225 cm³/mol. The summed E-state index contributed by atoms with van der Waals surface area (Å²) in [4.78, 5) is 2.24. The van der Waals surface area contributed by atoms with Crippen molar-refractivity contribution in [3.63, 3.8) is 0 Å². The number of hydrogen-bond acceptors (Lipinski definition) is 3. The Bertz CT molecular complexity index is 670. The first kappa shape index (κ1) is 48.6. The summed E-state index contributed by atoms with van der Waals surface area (Å²) < 4.78 is 13.4. The zero-order valence-electron chi connectivity index (χ0n) is 34.8. The van der Waals surface area contributed by atoms with Crippen molar-refractivity contribution < 1.29 is 9.47 Å². The average molecular weight is 792 g/mol. The summed E-state index contributed by atoms with van der Waals surface area (Å²) in [5, 5.41) is 0. The first-order chi connectivity index (χ1) is 22.8. The van der Waals surface area contributed by atoms with Crippen LogP contribution in [0.15, 0.2) is 0 Å². The van der Waals surface area contributed by atoms with Crippen LogP contribution in [0.1, 0.15) is 191 Å². The second kappa shape index (κ2) is 32.3. The second-order valence-electron chi connectivity index (χ2n) is 17.9. The van der Waals surface area contributed by atoms with Gasteiger partial charge in [0.25, 0.3) is 0 Å². The van der Waals surface area contributed by atoms with E-state index >= 15 is 0 Å². The minimum atomic E-state index is 0.174. The number of rotatable bonds is 35. The number of alkyl halides is 1.